The number of hydrogen-bond donors (Lipinski definition) is 0. The maximum atomic E-state index is 12.7. The third-order valence-electron chi connectivity index (χ3n) is 6.36. The zero-order valence-corrected chi connectivity index (χ0v) is 19.5. The average molecular weight is 484 g/mol. The molecule has 1 aliphatic heterocycles. The van der Waals surface area contributed by atoms with Crippen LogP contribution in [0.25, 0.3) is 21.9 Å². The summed E-state index contributed by atoms with van der Waals surface area (Å²) in [5, 5.41) is 2.92. The summed E-state index contributed by atoms with van der Waals surface area (Å²) in [6.07, 6.45) is 3.21. The van der Waals surface area contributed by atoms with Crippen molar-refractivity contribution in [3.63, 3.8) is 0 Å². The van der Waals surface area contributed by atoms with E-state index in [0.29, 0.717) is 51.6 Å². The first kappa shape index (κ1) is 22.2. The van der Waals surface area contributed by atoms with Gasteiger partial charge in [-0.05, 0) is 86.8 Å². The van der Waals surface area contributed by atoms with Gasteiger partial charge in [-0.15, -0.1) is 0 Å². The van der Waals surface area contributed by atoms with Gasteiger partial charge in [0.25, 0.3) is 0 Å². The minimum Gasteiger partial charge on any atom is -0.453 e. The van der Waals surface area contributed by atoms with Gasteiger partial charge in [0.1, 0.15) is 11.2 Å². The molecule has 5 rings (SSSR count). The number of furan rings is 2. The molecule has 2 aromatic heterocycles. The summed E-state index contributed by atoms with van der Waals surface area (Å²) in [5.41, 5.74) is 1.34. The third-order valence-corrected chi connectivity index (χ3v) is 6.83. The lowest BCUT2D eigenvalue weighted by Crippen LogP contribution is -2.37. The van der Waals surface area contributed by atoms with Crippen molar-refractivity contribution >= 4 is 56.7 Å². The molecule has 33 heavy (non-hydrogen) atoms. The number of rotatable bonds is 7. The molecule has 4 aromatic rings. The van der Waals surface area contributed by atoms with E-state index in [-0.39, 0.29) is 11.6 Å². The quantitative estimate of drug-likeness (QED) is 0.263. The van der Waals surface area contributed by atoms with Crippen LogP contribution in [0.3, 0.4) is 0 Å². The molecule has 2 aromatic carbocycles. The largest absolute Gasteiger partial charge is 0.453 e. The van der Waals surface area contributed by atoms with Crippen molar-refractivity contribution in [1.29, 1.82) is 0 Å². The average Bonchev–Trinajstić information content (AvgIpc) is 3.42. The van der Waals surface area contributed by atoms with E-state index < -0.39 is 0 Å². The molecule has 7 heteroatoms. The van der Waals surface area contributed by atoms with E-state index in [2.05, 4.69) is 4.90 Å². The zero-order valence-electron chi connectivity index (χ0n) is 18.0. The highest BCUT2D eigenvalue weighted by Crippen LogP contribution is 2.27. The number of nitrogens with zero attached hydrogens (tertiary/aromatic N) is 1. The van der Waals surface area contributed by atoms with Gasteiger partial charge in [0, 0.05) is 27.2 Å². The van der Waals surface area contributed by atoms with E-state index in [0.717, 1.165) is 43.1 Å². The fourth-order valence-electron chi connectivity index (χ4n) is 4.48. The van der Waals surface area contributed by atoms with Crippen molar-refractivity contribution in [2.24, 2.45) is 5.92 Å². The van der Waals surface area contributed by atoms with Gasteiger partial charge in [-0.2, -0.15) is 0 Å². The van der Waals surface area contributed by atoms with Gasteiger partial charge in [0.05, 0.1) is 6.54 Å². The minimum atomic E-state index is -0.0269. The van der Waals surface area contributed by atoms with Crippen molar-refractivity contribution in [1.82, 2.24) is 4.90 Å². The Labute approximate surface area is 201 Å². The Bertz CT molecular complexity index is 1330. The lowest BCUT2D eigenvalue weighted by atomic mass is 9.91. The standard InChI is InChI=1S/C26H23Cl2NO4/c27-19-2-5-23-17(11-19)13-25(32-23)21(30)4-1-16-7-9-29(10-8-16)15-22(31)26-14-18-12-20(28)3-6-24(18)33-26/h2-3,5-6,11-14,16H,1,4,7-10,15H2. The molecule has 0 saturated carbocycles. The van der Waals surface area contributed by atoms with Gasteiger partial charge in [-0.3, -0.25) is 14.5 Å². The van der Waals surface area contributed by atoms with Crippen molar-refractivity contribution in [3.05, 3.63) is 70.1 Å². The molecule has 0 atom stereocenters. The highest BCUT2D eigenvalue weighted by Gasteiger charge is 2.24. The molecule has 0 amide bonds. The summed E-state index contributed by atoms with van der Waals surface area (Å²) < 4.78 is 11.4. The predicted molar refractivity (Wildman–Crippen MR) is 130 cm³/mol. The Balaban J connectivity index is 1.10. The lowest BCUT2D eigenvalue weighted by Gasteiger charge is -2.31. The van der Waals surface area contributed by atoms with Crippen LogP contribution in [-0.4, -0.2) is 36.1 Å². The highest BCUT2D eigenvalue weighted by molar-refractivity contribution is 6.31. The zero-order chi connectivity index (χ0) is 22.9. The van der Waals surface area contributed by atoms with E-state index >= 15 is 0 Å². The number of hydrogen-bond acceptors (Lipinski definition) is 5. The molecule has 0 unspecified atom stereocenters. The Morgan fingerprint density at radius 2 is 1.36 bits per heavy atom. The van der Waals surface area contributed by atoms with Crippen LogP contribution in [0.2, 0.25) is 10.0 Å². The van der Waals surface area contributed by atoms with Crippen molar-refractivity contribution in [3.8, 4) is 0 Å². The van der Waals surface area contributed by atoms with Gasteiger partial charge < -0.3 is 8.83 Å². The molecular formula is C26H23Cl2NO4. The van der Waals surface area contributed by atoms with Crippen molar-refractivity contribution in [2.45, 2.75) is 25.7 Å². The van der Waals surface area contributed by atoms with Gasteiger partial charge in [0.2, 0.25) is 5.78 Å². The molecule has 0 aliphatic carbocycles. The number of ketones is 2. The predicted octanol–water partition coefficient (Wildman–Crippen LogP) is 7.04. The SMILES string of the molecule is O=C(CCC1CCN(CC(=O)c2cc3cc(Cl)ccc3o2)CC1)c1cc2cc(Cl)ccc2o1. The van der Waals surface area contributed by atoms with E-state index in [1.165, 1.54) is 0 Å². The van der Waals surface area contributed by atoms with Gasteiger partial charge >= 0.3 is 0 Å². The lowest BCUT2D eigenvalue weighted by molar-refractivity contribution is 0.0862. The smallest absolute Gasteiger partial charge is 0.211 e. The molecule has 0 radical (unpaired) electrons. The molecule has 0 spiro atoms. The van der Waals surface area contributed by atoms with E-state index in [1.807, 2.05) is 0 Å². The first-order valence-corrected chi connectivity index (χ1v) is 11.9. The molecule has 3 heterocycles. The molecule has 5 nitrogen and oxygen atoms in total. The number of piperidine rings is 1. The summed E-state index contributed by atoms with van der Waals surface area (Å²) in [6.45, 7) is 2.00. The second-order valence-electron chi connectivity index (χ2n) is 8.69. The minimum absolute atomic E-state index is 0.0184. The van der Waals surface area contributed by atoms with Crippen LogP contribution in [0, 0.1) is 5.92 Å². The van der Waals surface area contributed by atoms with Crippen LogP contribution in [0.4, 0.5) is 0 Å². The Morgan fingerprint density at radius 1 is 0.818 bits per heavy atom. The molecule has 1 saturated heterocycles. The first-order valence-electron chi connectivity index (χ1n) is 11.1. The maximum Gasteiger partial charge on any atom is 0.211 e. The molecule has 1 fully saturated rings. The van der Waals surface area contributed by atoms with Crippen molar-refractivity contribution in [2.75, 3.05) is 19.6 Å². The number of carbonyl (C=O) groups excluding carboxylic acids is 2. The van der Waals surface area contributed by atoms with Gasteiger partial charge in [-0.1, -0.05) is 23.2 Å². The molecule has 170 valence electrons. The summed E-state index contributed by atoms with van der Waals surface area (Å²) in [5.74, 6) is 1.22. The van der Waals surface area contributed by atoms with E-state index in [4.69, 9.17) is 32.0 Å². The highest BCUT2D eigenvalue weighted by atomic mass is 35.5. The van der Waals surface area contributed by atoms with Crippen LogP contribution in [0.1, 0.15) is 46.8 Å². The van der Waals surface area contributed by atoms with E-state index in [9.17, 15) is 9.59 Å². The fraction of sp³-hybridized carbons (Fsp3) is 0.308. The third kappa shape index (κ3) is 5.01. The number of carbonyl (C=O) groups is 2. The first-order chi connectivity index (χ1) is 15.9. The molecular weight excluding hydrogens is 461 g/mol. The Hall–Kier alpha value is -2.60. The summed E-state index contributed by atoms with van der Waals surface area (Å²) >= 11 is 12.0. The van der Waals surface area contributed by atoms with Crippen LogP contribution < -0.4 is 0 Å². The number of halogens is 2. The molecule has 1 aliphatic rings. The number of likely N-dealkylation sites (tertiary alicyclic amines) is 1. The molecule has 0 N–H and O–H groups in total. The monoisotopic (exact) mass is 483 g/mol. The Kier molecular flexibility index (Phi) is 6.28. The number of fused-ring (bicyclic) bond motifs is 2. The fourth-order valence-corrected chi connectivity index (χ4v) is 4.84. The van der Waals surface area contributed by atoms with Gasteiger partial charge in [0.15, 0.2) is 17.3 Å². The molecule has 0 bridgehead atoms. The van der Waals surface area contributed by atoms with Crippen LogP contribution in [0.5, 0.6) is 0 Å². The normalized spacial score (nSPS) is 15.5. The summed E-state index contributed by atoms with van der Waals surface area (Å²) in [4.78, 5) is 27.4. The maximum absolute atomic E-state index is 12.7. The summed E-state index contributed by atoms with van der Waals surface area (Å²) in [7, 11) is 0. The van der Waals surface area contributed by atoms with Crippen LogP contribution in [-0.2, 0) is 0 Å². The van der Waals surface area contributed by atoms with E-state index in [1.54, 1.807) is 48.5 Å². The Morgan fingerprint density at radius 3 is 1.94 bits per heavy atom. The second-order valence-corrected chi connectivity index (χ2v) is 9.56. The van der Waals surface area contributed by atoms with Crippen LogP contribution >= 0.6 is 23.2 Å². The number of Topliss-reactive ketones (excluding diaryl/α,β-unsaturated/α-hetero) is 2. The second kappa shape index (κ2) is 9.34. The number of benzene rings is 2. The van der Waals surface area contributed by atoms with Crippen LogP contribution in [0.15, 0.2) is 57.4 Å². The van der Waals surface area contributed by atoms with Crippen molar-refractivity contribution < 1.29 is 18.4 Å². The van der Waals surface area contributed by atoms with Gasteiger partial charge in [-0.25, -0.2) is 0 Å². The summed E-state index contributed by atoms with van der Waals surface area (Å²) in [6, 6.07) is 14.2. The topological polar surface area (TPSA) is 63.7 Å².